The lowest BCUT2D eigenvalue weighted by atomic mass is 10.1. The Labute approximate surface area is 169 Å². The molecule has 0 unspecified atom stereocenters. The van der Waals surface area contributed by atoms with Gasteiger partial charge in [0.1, 0.15) is 0 Å². The highest BCUT2D eigenvalue weighted by molar-refractivity contribution is 6.21. The second-order valence-corrected chi connectivity index (χ2v) is 7.41. The van der Waals surface area contributed by atoms with Crippen LogP contribution < -0.4 is 10.2 Å². The molecule has 7 nitrogen and oxygen atoms in total. The van der Waals surface area contributed by atoms with Gasteiger partial charge in [-0.2, -0.15) is 0 Å². The molecule has 2 aliphatic rings. The van der Waals surface area contributed by atoms with Crippen molar-refractivity contribution in [2.75, 3.05) is 50.0 Å². The summed E-state index contributed by atoms with van der Waals surface area (Å²) in [6.45, 7) is 3.82. The number of carbonyl (C=O) groups excluding carboxylic acids is 3. The molecule has 2 heterocycles. The van der Waals surface area contributed by atoms with Gasteiger partial charge in [0.25, 0.3) is 11.8 Å². The van der Waals surface area contributed by atoms with Gasteiger partial charge >= 0.3 is 0 Å². The van der Waals surface area contributed by atoms with Gasteiger partial charge in [-0.05, 0) is 31.3 Å². The minimum Gasteiger partial charge on any atom is -0.367 e. The molecule has 29 heavy (non-hydrogen) atoms. The number of imide groups is 1. The normalized spacial score (nSPS) is 16.9. The smallest absolute Gasteiger partial charge is 0.261 e. The van der Waals surface area contributed by atoms with Crippen LogP contribution in [0.4, 0.5) is 11.4 Å². The number of rotatable bonds is 5. The first-order valence-electron chi connectivity index (χ1n) is 9.82. The van der Waals surface area contributed by atoms with Gasteiger partial charge < -0.3 is 15.1 Å². The van der Waals surface area contributed by atoms with E-state index in [9.17, 15) is 14.4 Å². The fourth-order valence-electron chi connectivity index (χ4n) is 3.77. The lowest BCUT2D eigenvalue weighted by molar-refractivity contribution is -0.116. The molecule has 1 fully saturated rings. The number of carbonyl (C=O) groups is 3. The van der Waals surface area contributed by atoms with Crippen LogP contribution in [-0.4, -0.2) is 67.3 Å². The summed E-state index contributed by atoms with van der Waals surface area (Å²) in [4.78, 5) is 43.1. The zero-order valence-electron chi connectivity index (χ0n) is 16.4. The largest absolute Gasteiger partial charge is 0.367 e. The van der Waals surface area contributed by atoms with Gasteiger partial charge in [-0.1, -0.05) is 24.3 Å². The number of hydrogen-bond acceptors (Lipinski definition) is 5. The molecule has 0 radical (unpaired) electrons. The highest BCUT2D eigenvalue weighted by atomic mass is 16.2. The maximum Gasteiger partial charge on any atom is 0.261 e. The Morgan fingerprint density at radius 1 is 0.897 bits per heavy atom. The Balaban J connectivity index is 1.39. The molecule has 0 atom stereocenters. The van der Waals surface area contributed by atoms with E-state index in [1.54, 1.807) is 24.3 Å². The van der Waals surface area contributed by atoms with E-state index in [4.69, 9.17) is 0 Å². The molecule has 2 aromatic rings. The van der Waals surface area contributed by atoms with E-state index < -0.39 is 0 Å². The Bertz CT molecular complexity index is 916. The van der Waals surface area contributed by atoms with Crippen LogP contribution >= 0.6 is 0 Å². The van der Waals surface area contributed by atoms with E-state index in [2.05, 4.69) is 22.2 Å². The third-order valence-corrected chi connectivity index (χ3v) is 5.46. The monoisotopic (exact) mass is 392 g/mol. The number of piperazine rings is 1. The summed E-state index contributed by atoms with van der Waals surface area (Å²) in [5.74, 6) is -0.893. The predicted octanol–water partition coefficient (Wildman–Crippen LogP) is 2.06. The highest BCUT2D eigenvalue weighted by Crippen LogP contribution is 2.27. The van der Waals surface area contributed by atoms with Crippen molar-refractivity contribution in [3.63, 3.8) is 0 Å². The summed E-state index contributed by atoms with van der Waals surface area (Å²) in [6.07, 6.45) is 0.0581. The number of benzene rings is 2. The second-order valence-electron chi connectivity index (χ2n) is 7.41. The van der Waals surface area contributed by atoms with Gasteiger partial charge in [0.15, 0.2) is 0 Å². The maximum absolute atomic E-state index is 12.6. The number of likely N-dealkylation sites (N-methyl/N-ethyl adjacent to an activating group) is 1. The van der Waals surface area contributed by atoms with Crippen LogP contribution in [0, 0.1) is 0 Å². The summed E-state index contributed by atoms with van der Waals surface area (Å²) in [6, 6.07) is 14.5. The zero-order chi connectivity index (χ0) is 20.4. The lowest BCUT2D eigenvalue weighted by Gasteiger charge is -2.35. The highest BCUT2D eigenvalue weighted by Gasteiger charge is 2.35. The summed E-state index contributed by atoms with van der Waals surface area (Å²) < 4.78 is 0. The van der Waals surface area contributed by atoms with Gasteiger partial charge in [0, 0.05) is 39.1 Å². The van der Waals surface area contributed by atoms with E-state index in [0.29, 0.717) is 11.1 Å². The minimum absolute atomic E-state index is 0.0581. The molecular weight excluding hydrogens is 368 g/mol. The van der Waals surface area contributed by atoms with Crippen molar-refractivity contribution in [3.8, 4) is 0 Å². The number of nitrogens with one attached hydrogen (secondary N) is 1. The van der Waals surface area contributed by atoms with Gasteiger partial charge in [-0.3, -0.25) is 19.3 Å². The van der Waals surface area contributed by atoms with E-state index in [0.717, 1.165) is 42.5 Å². The van der Waals surface area contributed by atoms with Crippen molar-refractivity contribution in [2.24, 2.45) is 0 Å². The van der Waals surface area contributed by atoms with Crippen molar-refractivity contribution < 1.29 is 14.4 Å². The molecule has 2 aromatic carbocycles. The number of fused-ring (bicyclic) bond motifs is 1. The zero-order valence-corrected chi connectivity index (χ0v) is 16.4. The molecule has 0 spiro atoms. The van der Waals surface area contributed by atoms with Crippen LogP contribution in [0.2, 0.25) is 0 Å². The van der Waals surface area contributed by atoms with Gasteiger partial charge in [0.05, 0.1) is 22.5 Å². The van der Waals surface area contributed by atoms with Crippen LogP contribution in [0.15, 0.2) is 48.5 Å². The quantitative estimate of drug-likeness (QED) is 0.789. The fraction of sp³-hybridized carbons (Fsp3) is 0.318. The molecule has 3 amide bonds. The molecule has 7 heteroatoms. The van der Waals surface area contributed by atoms with Crippen molar-refractivity contribution >= 4 is 29.1 Å². The maximum atomic E-state index is 12.6. The molecule has 150 valence electrons. The van der Waals surface area contributed by atoms with Crippen molar-refractivity contribution in [3.05, 3.63) is 59.7 Å². The fourth-order valence-corrected chi connectivity index (χ4v) is 3.77. The number of nitrogens with zero attached hydrogens (tertiary/aromatic N) is 3. The average Bonchev–Trinajstić information content (AvgIpc) is 2.98. The van der Waals surface area contributed by atoms with Crippen LogP contribution in [0.5, 0.6) is 0 Å². The number of anilines is 2. The van der Waals surface area contributed by atoms with Gasteiger partial charge in [-0.15, -0.1) is 0 Å². The molecule has 0 saturated carbocycles. The molecule has 1 N–H and O–H groups in total. The van der Waals surface area contributed by atoms with Crippen LogP contribution in [0.1, 0.15) is 27.1 Å². The second kappa shape index (κ2) is 8.05. The number of hydrogen-bond donors (Lipinski definition) is 1. The molecule has 0 aromatic heterocycles. The number of para-hydroxylation sites is 2. The molecule has 1 saturated heterocycles. The first kappa shape index (κ1) is 19.1. The Morgan fingerprint density at radius 3 is 2.14 bits per heavy atom. The number of amides is 3. The molecule has 4 rings (SSSR count). The molecule has 2 aliphatic heterocycles. The molecule has 0 aliphatic carbocycles. The summed E-state index contributed by atoms with van der Waals surface area (Å²) in [5.41, 5.74) is 2.55. The summed E-state index contributed by atoms with van der Waals surface area (Å²) in [5, 5.41) is 2.95. The summed E-state index contributed by atoms with van der Waals surface area (Å²) >= 11 is 0. The predicted molar refractivity (Wildman–Crippen MR) is 111 cm³/mol. The van der Waals surface area contributed by atoms with Crippen molar-refractivity contribution in [1.29, 1.82) is 0 Å². The van der Waals surface area contributed by atoms with Crippen LogP contribution in [-0.2, 0) is 4.79 Å². The lowest BCUT2D eigenvalue weighted by Crippen LogP contribution is -2.44. The van der Waals surface area contributed by atoms with Crippen LogP contribution in [0.25, 0.3) is 0 Å². The molecule has 0 bridgehead atoms. The Morgan fingerprint density at radius 2 is 1.48 bits per heavy atom. The third-order valence-electron chi connectivity index (χ3n) is 5.46. The van der Waals surface area contributed by atoms with Crippen molar-refractivity contribution in [2.45, 2.75) is 6.42 Å². The summed E-state index contributed by atoms with van der Waals surface area (Å²) in [7, 11) is 2.10. The molecular formula is C22H24N4O3. The topological polar surface area (TPSA) is 73.0 Å². The first-order valence-corrected chi connectivity index (χ1v) is 9.82. The minimum atomic E-state index is -0.337. The third kappa shape index (κ3) is 3.86. The van der Waals surface area contributed by atoms with Gasteiger partial charge in [0.2, 0.25) is 5.91 Å². The standard InChI is InChI=1S/C22H24N4O3/c1-24-12-14-25(15-13-24)19-9-5-4-8-18(19)23-20(27)10-11-26-21(28)16-6-2-3-7-17(16)22(26)29/h2-9H,10-15H2,1H3,(H,23,27). The Kier molecular flexibility index (Phi) is 5.31. The average molecular weight is 392 g/mol. The van der Waals surface area contributed by atoms with Gasteiger partial charge in [-0.25, -0.2) is 0 Å². The van der Waals surface area contributed by atoms with E-state index in [-0.39, 0.29) is 30.7 Å². The van der Waals surface area contributed by atoms with Crippen LogP contribution in [0.3, 0.4) is 0 Å². The Hall–Kier alpha value is -3.19. The van der Waals surface area contributed by atoms with E-state index in [1.165, 1.54) is 0 Å². The van der Waals surface area contributed by atoms with Crippen molar-refractivity contribution in [1.82, 2.24) is 9.80 Å². The SMILES string of the molecule is CN1CCN(c2ccccc2NC(=O)CCN2C(=O)c3ccccc3C2=O)CC1. The van der Waals surface area contributed by atoms with E-state index >= 15 is 0 Å². The first-order chi connectivity index (χ1) is 14.0. The van der Waals surface area contributed by atoms with E-state index in [1.807, 2.05) is 24.3 Å².